The third-order valence-electron chi connectivity index (χ3n) is 3.01. The van der Waals surface area contributed by atoms with Crippen molar-refractivity contribution in [1.82, 2.24) is 5.32 Å². The summed E-state index contributed by atoms with van der Waals surface area (Å²) in [5, 5.41) is 2.76. The first-order valence-electron chi connectivity index (χ1n) is 6.75. The van der Waals surface area contributed by atoms with E-state index in [9.17, 15) is 9.59 Å². The molecule has 1 amide bonds. The number of benzene rings is 2. The van der Waals surface area contributed by atoms with Crippen molar-refractivity contribution in [2.45, 2.75) is 13.3 Å². The summed E-state index contributed by atoms with van der Waals surface area (Å²) in [5.41, 5.74) is 1.49. The molecule has 0 aliphatic rings. The molecular formula is C17H17NO3. The van der Waals surface area contributed by atoms with Crippen LogP contribution in [-0.2, 0) is 11.2 Å². The Balaban J connectivity index is 2.16. The zero-order valence-electron chi connectivity index (χ0n) is 11.8. The Morgan fingerprint density at radius 3 is 2.48 bits per heavy atom. The van der Waals surface area contributed by atoms with Gasteiger partial charge >= 0.3 is 0 Å². The summed E-state index contributed by atoms with van der Waals surface area (Å²) < 4.78 is 5.85. The average molecular weight is 283 g/mol. The summed E-state index contributed by atoms with van der Waals surface area (Å²) in [6, 6.07) is 14.7. The molecule has 108 valence electrons. The molecule has 0 radical (unpaired) electrons. The quantitative estimate of drug-likeness (QED) is 0.829. The molecule has 0 spiro atoms. The number of hydrogen-bond donors (Lipinski definition) is 1. The Morgan fingerprint density at radius 2 is 1.76 bits per heavy atom. The topological polar surface area (TPSA) is 55.4 Å². The fourth-order valence-corrected chi connectivity index (χ4v) is 1.97. The summed E-state index contributed by atoms with van der Waals surface area (Å²) in [7, 11) is 0. The van der Waals surface area contributed by atoms with Crippen molar-refractivity contribution in [2.24, 2.45) is 0 Å². The van der Waals surface area contributed by atoms with Crippen LogP contribution >= 0.6 is 0 Å². The molecule has 0 aromatic heterocycles. The van der Waals surface area contributed by atoms with E-state index in [-0.39, 0.29) is 5.91 Å². The smallest absolute Gasteiger partial charge is 0.216 e. The van der Waals surface area contributed by atoms with Crippen LogP contribution in [0.5, 0.6) is 11.5 Å². The molecule has 0 saturated heterocycles. The molecule has 0 unspecified atom stereocenters. The van der Waals surface area contributed by atoms with Crippen LogP contribution in [0, 0.1) is 0 Å². The van der Waals surface area contributed by atoms with Crippen LogP contribution < -0.4 is 10.1 Å². The second kappa shape index (κ2) is 7.24. The first kappa shape index (κ1) is 14.8. The van der Waals surface area contributed by atoms with Gasteiger partial charge in [-0.25, -0.2) is 0 Å². The highest BCUT2D eigenvalue weighted by atomic mass is 16.5. The minimum absolute atomic E-state index is 0.0558. The molecule has 2 rings (SSSR count). The van der Waals surface area contributed by atoms with Gasteiger partial charge in [-0.1, -0.05) is 30.3 Å². The normalized spacial score (nSPS) is 9.95. The van der Waals surface area contributed by atoms with Crippen LogP contribution in [0.15, 0.2) is 48.5 Å². The molecule has 2 aromatic carbocycles. The highest BCUT2D eigenvalue weighted by molar-refractivity contribution is 5.79. The lowest BCUT2D eigenvalue weighted by molar-refractivity contribution is -0.118. The molecule has 0 bridgehead atoms. The largest absolute Gasteiger partial charge is 0.456 e. The highest BCUT2D eigenvalue weighted by Crippen LogP contribution is 2.27. The maximum atomic E-state index is 11.0. The van der Waals surface area contributed by atoms with Gasteiger partial charge in [-0.15, -0.1) is 0 Å². The average Bonchev–Trinajstić information content (AvgIpc) is 2.49. The van der Waals surface area contributed by atoms with Gasteiger partial charge in [-0.05, 0) is 30.2 Å². The molecule has 0 heterocycles. The second-order valence-corrected chi connectivity index (χ2v) is 4.60. The van der Waals surface area contributed by atoms with E-state index < -0.39 is 0 Å². The van der Waals surface area contributed by atoms with Crippen LogP contribution in [0.25, 0.3) is 0 Å². The van der Waals surface area contributed by atoms with Crippen molar-refractivity contribution in [2.75, 3.05) is 6.54 Å². The van der Waals surface area contributed by atoms with E-state index in [2.05, 4.69) is 5.32 Å². The van der Waals surface area contributed by atoms with Crippen LogP contribution in [0.3, 0.4) is 0 Å². The van der Waals surface area contributed by atoms with Gasteiger partial charge in [0, 0.05) is 13.5 Å². The monoisotopic (exact) mass is 283 g/mol. The number of aldehydes is 1. The number of carbonyl (C=O) groups excluding carboxylic acids is 2. The number of nitrogens with one attached hydrogen (secondary N) is 1. The Hall–Kier alpha value is -2.62. The predicted molar refractivity (Wildman–Crippen MR) is 80.7 cm³/mol. The molecule has 4 nitrogen and oxygen atoms in total. The minimum Gasteiger partial charge on any atom is -0.456 e. The molecule has 2 aromatic rings. The standard InChI is InChI=1S/C17H17NO3/c1-13(20)18-11-10-14-6-2-4-8-16(14)21-17-9-5-3-7-15(17)12-19/h2-9,12H,10-11H2,1H3,(H,18,20). The highest BCUT2D eigenvalue weighted by Gasteiger charge is 2.07. The first-order valence-corrected chi connectivity index (χ1v) is 6.75. The zero-order chi connectivity index (χ0) is 15.1. The van der Waals surface area contributed by atoms with Crippen molar-refractivity contribution in [3.05, 3.63) is 59.7 Å². The van der Waals surface area contributed by atoms with E-state index in [0.29, 0.717) is 30.0 Å². The van der Waals surface area contributed by atoms with Gasteiger partial charge in [0.05, 0.1) is 5.56 Å². The zero-order valence-corrected chi connectivity index (χ0v) is 11.8. The SMILES string of the molecule is CC(=O)NCCc1ccccc1Oc1ccccc1C=O. The summed E-state index contributed by atoms with van der Waals surface area (Å²) in [4.78, 5) is 21.9. The number of carbonyl (C=O) groups is 2. The van der Waals surface area contributed by atoms with E-state index in [4.69, 9.17) is 4.74 Å². The molecule has 0 aliphatic heterocycles. The molecule has 0 fully saturated rings. The number of ether oxygens (including phenoxy) is 1. The van der Waals surface area contributed by atoms with Crippen molar-refractivity contribution >= 4 is 12.2 Å². The maximum Gasteiger partial charge on any atom is 0.216 e. The van der Waals surface area contributed by atoms with Crippen molar-refractivity contribution < 1.29 is 14.3 Å². The predicted octanol–water partition coefficient (Wildman–Crippen LogP) is 2.97. The fourth-order valence-electron chi connectivity index (χ4n) is 1.97. The van der Waals surface area contributed by atoms with Gasteiger partial charge in [0.2, 0.25) is 5.91 Å². The van der Waals surface area contributed by atoms with Crippen LogP contribution in [0.1, 0.15) is 22.8 Å². The molecule has 0 saturated carbocycles. The van der Waals surface area contributed by atoms with E-state index in [1.165, 1.54) is 6.92 Å². The second-order valence-electron chi connectivity index (χ2n) is 4.60. The fraction of sp³-hybridized carbons (Fsp3) is 0.176. The number of hydrogen-bond acceptors (Lipinski definition) is 3. The molecule has 0 aliphatic carbocycles. The van der Waals surface area contributed by atoms with Crippen LogP contribution in [-0.4, -0.2) is 18.7 Å². The van der Waals surface area contributed by atoms with Gasteiger partial charge in [0.1, 0.15) is 11.5 Å². The van der Waals surface area contributed by atoms with E-state index in [1.54, 1.807) is 18.2 Å². The number of para-hydroxylation sites is 2. The van der Waals surface area contributed by atoms with Gasteiger partial charge in [0.15, 0.2) is 6.29 Å². The van der Waals surface area contributed by atoms with Crippen molar-refractivity contribution in [3.8, 4) is 11.5 Å². The Morgan fingerprint density at radius 1 is 1.10 bits per heavy atom. The Bertz CT molecular complexity index is 637. The van der Waals surface area contributed by atoms with Gasteiger partial charge in [-0.3, -0.25) is 9.59 Å². The van der Waals surface area contributed by atoms with Gasteiger partial charge in [-0.2, -0.15) is 0 Å². The Labute approximate surface area is 123 Å². The molecule has 21 heavy (non-hydrogen) atoms. The Kier molecular flexibility index (Phi) is 5.10. The lowest BCUT2D eigenvalue weighted by Crippen LogP contribution is -2.22. The summed E-state index contributed by atoms with van der Waals surface area (Å²) in [5.74, 6) is 1.16. The third-order valence-corrected chi connectivity index (χ3v) is 3.01. The van der Waals surface area contributed by atoms with Crippen LogP contribution in [0.4, 0.5) is 0 Å². The first-order chi connectivity index (χ1) is 10.2. The van der Waals surface area contributed by atoms with Gasteiger partial charge < -0.3 is 10.1 Å². The van der Waals surface area contributed by atoms with E-state index >= 15 is 0 Å². The lowest BCUT2D eigenvalue weighted by Gasteiger charge is -2.12. The minimum atomic E-state index is -0.0558. The summed E-state index contributed by atoms with van der Waals surface area (Å²) in [6.07, 6.45) is 1.44. The maximum absolute atomic E-state index is 11.0. The van der Waals surface area contributed by atoms with Gasteiger partial charge in [0.25, 0.3) is 0 Å². The molecular weight excluding hydrogens is 266 g/mol. The van der Waals surface area contributed by atoms with Crippen molar-refractivity contribution in [1.29, 1.82) is 0 Å². The molecule has 0 atom stereocenters. The van der Waals surface area contributed by atoms with Crippen molar-refractivity contribution in [3.63, 3.8) is 0 Å². The van der Waals surface area contributed by atoms with E-state index in [1.807, 2.05) is 30.3 Å². The lowest BCUT2D eigenvalue weighted by atomic mass is 10.1. The molecule has 4 heteroatoms. The van der Waals surface area contributed by atoms with E-state index in [0.717, 1.165) is 11.8 Å². The number of rotatable bonds is 6. The number of amides is 1. The third kappa shape index (κ3) is 4.18. The summed E-state index contributed by atoms with van der Waals surface area (Å²) >= 11 is 0. The van der Waals surface area contributed by atoms with Crippen LogP contribution in [0.2, 0.25) is 0 Å². The molecule has 1 N–H and O–H groups in total. The summed E-state index contributed by atoms with van der Waals surface area (Å²) in [6.45, 7) is 2.04.